The van der Waals surface area contributed by atoms with E-state index in [1.807, 2.05) is 27.7 Å². The van der Waals surface area contributed by atoms with Crippen LogP contribution in [-0.2, 0) is 16.0 Å². The summed E-state index contributed by atoms with van der Waals surface area (Å²) in [5.41, 5.74) is 2.22. The van der Waals surface area contributed by atoms with Gasteiger partial charge in [-0.15, -0.1) is 0 Å². The number of rotatable bonds is 5. The van der Waals surface area contributed by atoms with Crippen molar-refractivity contribution in [2.75, 3.05) is 0 Å². The Morgan fingerprint density at radius 1 is 1.15 bits per heavy atom. The molecule has 0 aliphatic carbocycles. The van der Waals surface area contributed by atoms with Gasteiger partial charge in [-0.05, 0) is 52.0 Å². The molecule has 1 rings (SSSR count). The summed E-state index contributed by atoms with van der Waals surface area (Å²) in [5.74, 6) is 0.336. The number of benzene rings is 1. The number of ether oxygens (including phenoxy) is 1. The first-order valence-corrected chi connectivity index (χ1v) is 7.46. The van der Waals surface area contributed by atoms with Crippen LogP contribution in [0.2, 0.25) is 0 Å². The minimum Gasteiger partial charge on any atom is -0.460 e. The standard InChI is InChI=1S/C18H28O2/c1-13-7-9-16(10-8-13)12-14(2)11-15(3)17(19)20-18(4,5)6/h7-10,14-15H,11-12H2,1-6H3/t14-,15?/m1/s1. The number of carbonyl (C=O) groups is 1. The summed E-state index contributed by atoms with van der Waals surface area (Å²) in [6, 6.07) is 8.62. The molecule has 0 saturated heterocycles. The van der Waals surface area contributed by atoms with Crippen molar-refractivity contribution in [2.24, 2.45) is 11.8 Å². The van der Waals surface area contributed by atoms with Crippen LogP contribution < -0.4 is 0 Å². The van der Waals surface area contributed by atoms with E-state index in [2.05, 4.69) is 38.1 Å². The highest BCUT2D eigenvalue weighted by Gasteiger charge is 2.23. The van der Waals surface area contributed by atoms with E-state index in [1.54, 1.807) is 0 Å². The van der Waals surface area contributed by atoms with Gasteiger partial charge in [0.15, 0.2) is 0 Å². The average molecular weight is 276 g/mol. The van der Waals surface area contributed by atoms with E-state index in [1.165, 1.54) is 11.1 Å². The summed E-state index contributed by atoms with van der Waals surface area (Å²) in [5, 5.41) is 0. The summed E-state index contributed by atoms with van der Waals surface area (Å²) in [6.45, 7) is 12.0. The molecule has 0 N–H and O–H groups in total. The molecule has 112 valence electrons. The Balaban J connectivity index is 2.47. The van der Waals surface area contributed by atoms with Crippen LogP contribution in [0.1, 0.15) is 52.2 Å². The van der Waals surface area contributed by atoms with Gasteiger partial charge in [-0.25, -0.2) is 0 Å². The maximum Gasteiger partial charge on any atom is 0.309 e. The fourth-order valence-electron chi connectivity index (χ4n) is 2.31. The molecule has 0 aliphatic rings. The largest absolute Gasteiger partial charge is 0.460 e. The highest BCUT2D eigenvalue weighted by Crippen LogP contribution is 2.20. The van der Waals surface area contributed by atoms with Crippen LogP contribution in [0.3, 0.4) is 0 Å². The van der Waals surface area contributed by atoms with Gasteiger partial charge in [-0.2, -0.15) is 0 Å². The van der Waals surface area contributed by atoms with Gasteiger partial charge in [-0.1, -0.05) is 43.7 Å². The first kappa shape index (κ1) is 16.7. The molecule has 0 spiro atoms. The minimum absolute atomic E-state index is 0.0466. The molecule has 2 heteroatoms. The first-order valence-electron chi connectivity index (χ1n) is 7.46. The Morgan fingerprint density at radius 3 is 2.20 bits per heavy atom. The smallest absolute Gasteiger partial charge is 0.309 e. The Kier molecular flexibility index (Phi) is 5.79. The Labute approximate surface area is 123 Å². The summed E-state index contributed by atoms with van der Waals surface area (Å²) in [7, 11) is 0. The van der Waals surface area contributed by atoms with Crippen molar-refractivity contribution in [3.05, 3.63) is 35.4 Å². The third-order valence-corrected chi connectivity index (χ3v) is 3.27. The number of aryl methyl sites for hydroxylation is 1. The van der Waals surface area contributed by atoms with Gasteiger partial charge in [0.1, 0.15) is 5.60 Å². The summed E-state index contributed by atoms with van der Waals surface area (Å²) in [6.07, 6.45) is 1.87. The van der Waals surface area contributed by atoms with Gasteiger partial charge >= 0.3 is 5.97 Å². The topological polar surface area (TPSA) is 26.3 Å². The second kappa shape index (κ2) is 6.92. The number of carbonyl (C=O) groups excluding carboxylic acids is 1. The Morgan fingerprint density at radius 2 is 1.70 bits per heavy atom. The van der Waals surface area contributed by atoms with Crippen LogP contribution >= 0.6 is 0 Å². The van der Waals surface area contributed by atoms with Gasteiger partial charge in [0.2, 0.25) is 0 Å². The zero-order chi connectivity index (χ0) is 15.3. The predicted octanol–water partition coefficient (Wildman–Crippen LogP) is 4.54. The lowest BCUT2D eigenvalue weighted by Crippen LogP contribution is -2.28. The monoisotopic (exact) mass is 276 g/mol. The fourth-order valence-corrected chi connectivity index (χ4v) is 2.31. The van der Waals surface area contributed by atoms with Crippen molar-refractivity contribution in [1.29, 1.82) is 0 Å². The normalized spacial score (nSPS) is 14.7. The van der Waals surface area contributed by atoms with E-state index in [-0.39, 0.29) is 11.9 Å². The van der Waals surface area contributed by atoms with E-state index in [4.69, 9.17) is 4.74 Å². The zero-order valence-corrected chi connectivity index (χ0v) is 13.7. The predicted molar refractivity (Wildman–Crippen MR) is 83.7 cm³/mol. The third kappa shape index (κ3) is 6.23. The van der Waals surface area contributed by atoms with Crippen molar-refractivity contribution < 1.29 is 9.53 Å². The molecule has 0 fully saturated rings. The zero-order valence-electron chi connectivity index (χ0n) is 13.7. The minimum atomic E-state index is -0.397. The van der Waals surface area contributed by atoms with E-state index in [0.29, 0.717) is 5.92 Å². The highest BCUT2D eigenvalue weighted by molar-refractivity contribution is 5.72. The lowest BCUT2D eigenvalue weighted by molar-refractivity contribution is -0.159. The molecule has 0 heterocycles. The number of hydrogen-bond acceptors (Lipinski definition) is 2. The molecule has 0 radical (unpaired) electrons. The molecule has 2 atom stereocenters. The molecule has 0 aromatic heterocycles. The van der Waals surface area contributed by atoms with Gasteiger partial charge in [0.25, 0.3) is 0 Å². The Hall–Kier alpha value is -1.31. The second-order valence-electron chi connectivity index (χ2n) is 6.97. The van der Waals surface area contributed by atoms with Crippen LogP contribution in [0, 0.1) is 18.8 Å². The van der Waals surface area contributed by atoms with E-state index >= 15 is 0 Å². The maximum atomic E-state index is 12.0. The van der Waals surface area contributed by atoms with E-state index in [9.17, 15) is 4.79 Å². The molecular weight excluding hydrogens is 248 g/mol. The van der Waals surface area contributed by atoms with Crippen molar-refractivity contribution in [3.8, 4) is 0 Å². The molecule has 2 nitrogen and oxygen atoms in total. The van der Waals surface area contributed by atoms with Crippen LogP contribution in [0.5, 0.6) is 0 Å². The highest BCUT2D eigenvalue weighted by atomic mass is 16.6. The average Bonchev–Trinajstić information content (AvgIpc) is 2.29. The van der Waals surface area contributed by atoms with Crippen molar-refractivity contribution in [2.45, 2.75) is 60.0 Å². The lowest BCUT2D eigenvalue weighted by Gasteiger charge is -2.23. The number of hydrogen-bond donors (Lipinski definition) is 0. The van der Waals surface area contributed by atoms with Crippen molar-refractivity contribution in [3.63, 3.8) is 0 Å². The molecule has 0 saturated carbocycles. The summed E-state index contributed by atoms with van der Waals surface area (Å²) < 4.78 is 5.43. The first-order chi connectivity index (χ1) is 9.17. The van der Waals surface area contributed by atoms with Gasteiger partial charge < -0.3 is 4.74 Å². The molecule has 1 aromatic rings. The SMILES string of the molecule is Cc1ccc(C[C@H](C)CC(C)C(=O)OC(C)(C)C)cc1. The van der Waals surface area contributed by atoms with Crippen molar-refractivity contribution >= 4 is 5.97 Å². The molecule has 0 amide bonds. The number of esters is 1. The van der Waals surface area contributed by atoms with Gasteiger partial charge in [-0.3, -0.25) is 4.79 Å². The van der Waals surface area contributed by atoms with Crippen molar-refractivity contribution in [1.82, 2.24) is 0 Å². The van der Waals surface area contributed by atoms with Crippen LogP contribution in [0.4, 0.5) is 0 Å². The Bertz CT molecular complexity index is 426. The molecule has 1 unspecified atom stereocenters. The maximum absolute atomic E-state index is 12.0. The van der Waals surface area contributed by atoms with E-state index < -0.39 is 5.60 Å². The summed E-state index contributed by atoms with van der Waals surface area (Å²) in [4.78, 5) is 12.0. The third-order valence-electron chi connectivity index (χ3n) is 3.27. The second-order valence-corrected chi connectivity index (χ2v) is 6.97. The fraction of sp³-hybridized carbons (Fsp3) is 0.611. The molecule has 0 aliphatic heterocycles. The van der Waals surface area contributed by atoms with Crippen LogP contribution in [0.15, 0.2) is 24.3 Å². The lowest BCUT2D eigenvalue weighted by atomic mass is 9.91. The van der Waals surface area contributed by atoms with Crippen LogP contribution in [-0.4, -0.2) is 11.6 Å². The van der Waals surface area contributed by atoms with Gasteiger partial charge in [0, 0.05) is 0 Å². The molecule has 20 heavy (non-hydrogen) atoms. The molecular formula is C18H28O2. The molecule has 1 aromatic carbocycles. The quantitative estimate of drug-likeness (QED) is 0.738. The summed E-state index contributed by atoms with van der Waals surface area (Å²) >= 11 is 0. The molecule has 0 bridgehead atoms. The van der Waals surface area contributed by atoms with E-state index in [0.717, 1.165) is 12.8 Å². The van der Waals surface area contributed by atoms with Crippen LogP contribution in [0.25, 0.3) is 0 Å². The van der Waals surface area contributed by atoms with Gasteiger partial charge in [0.05, 0.1) is 5.92 Å².